The van der Waals surface area contributed by atoms with Crippen molar-refractivity contribution in [1.29, 1.82) is 0 Å². The molecule has 0 aliphatic rings. The molecule has 10 heteroatoms. The molecule has 0 atom stereocenters. The number of hydrogen-bond acceptors (Lipinski definition) is 4. The Labute approximate surface area is 116 Å². The summed E-state index contributed by atoms with van der Waals surface area (Å²) in [6.45, 7) is -0.812. The summed E-state index contributed by atoms with van der Waals surface area (Å²) in [5, 5.41) is 25.1. The van der Waals surface area contributed by atoms with E-state index in [-0.39, 0.29) is 11.1 Å². The normalized spacial score (nSPS) is 9.76. The summed E-state index contributed by atoms with van der Waals surface area (Å²) in [6, 6.07) is 4.46. The molecular formula is C11H9FN2O7. The zero-order valence-electron chi connectivity index (χ0n) is 10.3. The van der Waals surface area contributed by atoms with Gasteiger partial charge in [0.15, 0.2) is 0 Å². The Morgan fingerprint density at radius 1 is 0.857 bits per heavy atom. The minimum atomic E-state index is -2.17. The number of hydrogen-bond donors (Lipinski definition) is 3. The van der Waals surface area contributed by atoms with E-state index in [1.165, 1.54) is 12.1 Å². The first-order valence-electron chi connectivity index (χ1n) is 5.27. The lowest BCUT2D eigenvalue weighted by molar-refractivity contribution is 0.0103. The van der Waals surface area contributed by atoms with Crippen LogP contribution in [0.15, 0.2) is 24.3 Å². The molecule has 1 aromatic carbocycles. The van der Waals surface area contributed by atoms with E-state index in [2.05, 4.69) is 0 Å². The fourth-order valence-electron chi connectivity index (χ4n) is 1.37. The highest BCUT2D eigenvalue weighted by Crippen LogP contribution is 2.12. The van der Waals surface area contributed by atoms with Crippen LogP contribution in [0.5, 0.6) is 0 Å². The van der Waals surface area contributed by atoms with Gasteiger partial charge in [0.2, 0.25) is 0 Å². The monoisotopic (exact) mass is 300 g/mol. The summed E-state index contributed by atoms with van der Waals surface area (Å²) in [4.78, 5) is 44.4. The molecule has 0 aliphatic carbocycles. The Hall–Kier alpha value is -3.17. The molecule has 0 unspecified atom stereocenters. The molecule has 1 rings (SSSR count). The minimum Gasteiger partial charge on any atom is -0.463 e. The lowest BCUT2D eigenvalue weighted by Gasteiger charge is -2.24. The van der Waals surface area contributed by atoms with Crippen molar-refractivity contribution in [3.63, 3.8) is 0 Å². The molecule has 1 aromatic rings. The van der Waals surface area contributed by atoms with Crippen molar-refractivity contribution in [3.8, 4) is 0 Å². The van der Waals surface area contributed by atoms with Crippen molar-refractivity contribution in [1.82, 2.24) is 10.0 Å². The number of amides is 4. The second-order valence-electron chi connectivity index (χ2n) is 3.61. The Bertz CT molecular complexity index is 573. The predicted octanol–water partition coefficient (Wildman–Crippen LogP) is 1.85. The van der Waals surface area contributed by atoms with E-state index in [9.17, 15) is 23.6 Å². The quantitative estimate of drug-likeness (QED) is 0.709. The number of rotatable bonds is 2. The standard InChI is InChI=1S/C11H9FN2O7/c12-5-6-1-3-7(4-2-6)8(15)13(9(16)17)14(10(18)19)11(20)21/h1-4H,5H2,(H,16,17)(H,18,19)(H,20,21). The molecular weight excluding hydrogens is 291 g/mol. The topological polar surface area (TPSA) is 135 Å². The van der Waals surface area contributed by atoms with Gasteiger partial charge in [-0.2, -0.15) is 0 Å². The van der Waals surface area contributed by atoms with Crippen LogP contribution in [0.2, 0.25) is 0 Å². The number of halogens is 1. The van der Waals surface area contributed by atoms with Crippen LogP contribution in [0, 0.1) is 0 Å². The largest absolute Gasteiger partial charge is 0.463 e. The molecule has 0 saturated heterocycles. The van der Waals surface area contributed by atoms with Gasteiger partial charge in [-0.15, -0.1) is 10.0 Å². The van der Waals surface area contributed by atoms with Crippen molar-refractivity contribution in [2.24, 2.45) is 0 Å². The fourth-order valence-corrected chi connectivity index (χ4v) is 1.37. The molecule has 0 fully saturated rings. The molecule has 0 spiro atoms. The van der Waals surface area contributed by atoms with Gasteiger partial charge in [0.25, 0.3) is 5.91 Å². The number of benzene rings is 1. The first kappa shape index (κ1) is 15.9. The predicted molar refractivity (Wildman–Crippen MR) is 63.3 cm³/mol. The van der Waals surface area contributed by atoms with E-state index in [1.807, 2.05) is 0 Å². The number of carbonyl (C=O) groups is 4. The molecule has 21 heavy (non-hydrogen) atoms. The maximum atomic E-state index is 12.3. The van der Waals surface area contributed by atoms with Crippen LogP contribution in [0.25, 0.3) is 0 Å². The number of carbonyl (C=O) groups excluding carboxylic acids is 1. The maximum Gasteiger partial charge on any atom is 0.437 e. The molecule has 0 bridgehead atoms. The lowest BCUT2D eigenvalue weighted by atomic mass is 10.1. The van der Waals surface area contributed by atoms with Gasteiger partial charge in [0.1, 0.15) is 6.67 Å². The number of nitrogens with zero attached hydrogens (tertiary/aromatic N) is 2. The highest BCUT2D eigenvalue weighted by atomic mass is 19.1. The summed E-state index contributed by atoms with van der Waals surface area (Å²) in [6.07, 6.45) is -6.43. The average Bonchev–Trinajstić information content (AvgIpc) is 2.42. The molecule has 3 N–H and O–H groups in total. The van der Waals surface area contributed by atoms with Crippen molar-refractivity contribution in [2.45, 2.75) is 6.67 Å². The van der Waals surface area contributed by atoms with Crippen LogP contribution in [0.3, 0.4) is 0 Å². The van der Waals surface area contributed by atoms with E-state index in [0.29, 0.717) is 0 Å². The fraction of sp³-hybridized carbons (Fsp3) is 0.0909. The smallest absolute Gasteiger partial charge is 0.437 e. The average molecular weight is 300 g/mol. The summed E-state index contributed by atoms with van der Waals surface area (Å²) >= 11 is 0. The number of hydrazine groups is 1. The number of alkyl halides is 1. The van der Waals surface area contributed by atoms with Gasteiger partial charge in [-0.05, 0) is 17.7 Å². The second-order valence-corrected chi connectivity index (χ2v) is 3.61. The van der Waals surface area contributed by atoms with Gasteiger partial charge in [-0.1, -0.05) is 12.1 Å². The first-order chi connectivity index (χ1) is 9.79. The molecule has 0 radical (unpaired) electrons. The van der Waals surface area contributed by atoms with Gasteiger partial charge < -0.3 is 15.3 Å². The Kier molecular flexibility index (Phi) is 4.78. The van der Waals surface area contributed by atoms with Crippen molar-refractivity contribution in [3.05, 3.63) is 35.4 Å². The third kappa shape index (κ3) is 3.43. The van der Waals surface area contributed by atoms with Crippen LogP contribution >= 0.6 is 0 Å². The SMILES string of the molecule is O=C(O)N(C(=O)O)N(C(=O)O)C(=O)c1ccc(CF)cc1. The zero-order valence-corrected chi connectivity index (χ0v) is 10.3. The van der Waals surface area contributed by atoms with E-state index in [4.69, 9.17) is 15.3 Å². The van der Waals surface area contributed by atoms with Gasteiger partial charge >= 0.3 is 18.3 Å². The van der Waals surface area contributed by atoms with Crippen molar-refractivity contribution < 1.29 is 38.9 Å². The summed E-state index contributed by atoms with van der Waals surface area (Å²) in [7, 11) is 0. The van der Waals surface area contributed by atoms with Gasteiger partial charge in [0, 0.05) is 5.56 Å². The van der Waals surface area contributed by atoms with Crippen molar-refractivity contribution >= 4 is 24.2 Å². The van der Waals surface area contributed by atoms with E-state index in [0.717, 1.165) is 12.1 Å². The van der Waals surface area contributed by atoms with Gasteiger partial charge in [-0.3, -0.25) is 4.79 Å². The highest BCUT2D eigenvalue weighted by molar-refractivity contribution is 6.05. The van der Waals surface area contributed by atoms with Gasteiger partial charge in [-0.25, -0.2) is 18.8 Å². The Morgan fingerprint density at radius 2 is 1.29 bits per heavy atom. The zero-order chi connectivity index (χ0) is 16.2. The molecule has 0 heterocycles. The van der Waals surface area contributed by atoms with E-state index < -0.39 is 40.9 Å². The molecule has 4 amide bonds. The van der Waals surface area contributed by atoms with Gasteiger partial charge in [0.05, 0.1) is 0 Å². The molecule has 0 aliphatic heterocycles. The maximum absolute atomic E-state index is 12.3. The van der Waals surface area contributed by atoms with Crippen LogP contribution in [0.4, 0.5) is 18.8 Å². The van der Waals surface area contributed by atoms with Crippen LogP contribution in [-0.2, 0) is 6.67 Å². The Morgan fingerprint density at radius 3 is 1.62 bits per heavy atom. The highest BCUT2D eigenvalue weighted by Gasteiger charge is 2.37. The second kappa shape index (κ2) is 6.32. The van der Waals surface area contributed by atoms with Crippen molar-refractivity contribution in [2.75, 3.05) is 0 Å². The van der Waals surface area contributed by atoms with Crippen LogP contribution in [-0.4, -0.2) is 49.5 Å². The van der Waals surface area contributed by atoms with E-state index >= 15 is 0 Å². The molecule has 0 aromatic heterocycles. The third-order valence-electron chi connectivity index (χ3n) is 2.29. The molecule has 0 saturated carbocycles. The first-order valence-corrected chi connectivity index (χ1v) is 5.27. The van der Waals surface area contributed by atoms with Crippen LogP contribution in [0.1, 0.15) is 15.9 Å². The number of carboxylic acid groups (broad SMARTS) is 3. The summed E-state index contributed by atoms with van der Waals surface area (Å²) < 4.78 is 12.3. The minimum absolute atomic E-state index is 0.210. The lowest BCUT2D eigenvalue weighted by Crippen LogP contribution is -2.54. The van der Waals surface area contributed by atoms with Crippen LogP contribution < -0.4 is 0 Å². The summed E-state index contributed by atoms with van der Waals surface area (Å²) in [5.74, 6) is -1.40. The summed E-state index contributed by atoms with van der Waals surface area (Å²) in [5.41, 5.74) is -0.108. The van der Waals surface area contributed by atoms with E-state index in [1.54, 1.807) is 0 Å². The molecule has 9 nitrogen and oxygen atoms in total. The Balaban J connectivity index is 3.20. The number of imide groups is 2. The third-order valence-corrected chi connectivity index (χ3v) is 2.29. The molecule has 112 valence electrons.